The topological polar surface area (TPSA) is 83.6 Å². The molecule has 1 fully saturated rings. The summed E-state index contributed by atoms with van der Waals surface area (Å²) in [5.41, 5.74) is -1.97. The molecule has 2 aromatic heterocycles. The highest BCUT2D eigenvalue weighted by atomic mass is 19.3. The minimum atomic E-state index is -2.70. The third-order valence-electron chi connectivity index (χ3n) is 5.40. The van der Waals surface area contributed by atoms with Crippen LogP contribution in [0.5, 0.6) is 0 Å². The maximum atomic E-state index is 14.7. The summed E-state index contributed by atoms with van der Waals surface area (Å²) in [5, 5.41) is 12.3. The third kappa shape index (κ3) is 3.38. The van der Waals surface area contributed by atoms with Crippen LogP contribution in [0.1, 0.15) is 35.8 Å². The molecule has 0 aliphatic heterocycles. The van der Waals surface area contributed by atoms with E-state index in [-0.39, 0.29) is 35.3 Å². The summed E-state index contributed by atoms with van der Waals surface area (Å²) < 4.78 is 42.9. The van der Waals surface area contributed by atoms with Gasteiger partial charge >= 0.3 is 0 Å². The summed E-state index contributed by atoms with van der Waals surface area (Å²) in [6, 6.07) is 6.21. The minimum absolute atomic E-state index is 0.0607. The van der Waals surface area contributed by atoms with Crippen molar-refractivity contribution < 1.29 is 13.2 Å². The standard InChI is InChI=1S/C22H16F3N5O/c1-3-16(14-6-4-5-13(10-26)19(14)23)29-20-15-11-30(22(7-8-22)21(24)25)18(31)9-17(15)27-12(2)28-20/h1,4-6,9,11,16,21H,7-8H2,2H3,(H,27,28,29)/t16-/m1/s1. The van der Waals surface area contributed by atoms with Crippen LogP contribution in [0.25, 0.3) is 10.9 Å². The highest BCUT2D eigenvalue weighted by Gasteiger charge is 2.53. The van der Waals surface area contributed by atoms with Gasteiger partial charge in [0.15, 0.2) is 0 Å². The number of terminal acetylenes is 1. The minimum Gasteiger partial charge on any atom is -0.352 e. The van der Waals surface area contributed by atoms with Gasteiger partial charge in [0, 0.05) is 17.8 Å². The number of pyridine rings is 1. The number of fused-ring (bicyclic) bond motifs is 1. The normalized spacial score (nSPS) is 15.3. The van der Waals surface area contributed by atoms with Crippen LogP contribution in [0, 0.1) is 36.4 Å². The lowest BCUT2D eigenvalue weighted by Gasteiger charge is -2.20. The molecular weight excluding hydrogens is 407 g/mol. The van der Waals surface area contributed by atoms with Crippen molar-refractivity contribution in [2.75, 3.05) is 5.32 Å². The predicted molar refractivity (Wildman–Crippen MR) is 108 cm³/mol. The second-order valence-electron chi connectivity index (χ2n) is 7.37. The van der Waals surface area contributed by atoms with Crippen molar-refractivity contribution in [2.24, 2.45) is 0 Å². The van der Waals surface area contributed by atoms with E-state index in [4.69, 9.17) is 11.7 Å². The molecule has 4 rings (SSSR count). The molecule has 0 bridgehead atoms. The van der Waals surface area contributed by atoms with Gasteiger partial charge in [0.25, 0.3) is 12.0 Å². The Bertz CT molecular complexity index is 1330. The molecule has 1 N–H and O–H groups in total. The van der Waals surface area contributed by atoms with Crippen molar-refractivity contribution in [1.82, 2.24) is 14.5 Å². The number of nitriles is 1. The van der Waals surface area contributed by atoms with Crippen molar-refractivity contribution in [1.29, 1.82) is 5.26 Å². The summed E-state index contributed by atoms with van der Waals surface area (Å²) in [6.07, 6.45) is 4.58. The number of hydrogen-bond donors (Lipinski definition) is 1. The number of alkyl halides is 2. The molecule has 1 aliphatic carbocycles. The van der Waals surface area contributed by atoms with Gasteiger partial charge in [-0.3, -0.25) is 4.79 Å². The first kappa shape index (κ1) is 20.4. The summed E-state index contributed by atoms with van der Waals surface area (Å²) >= 11 is 0. The van der Waals surface area contributed by atoms with Gasteiger partial charge in [0.05, 0.1) is 16.5 Å². The van der Waals surface area contributed by atoms with Gasteiger partial charge in [-0.1, -0.05) is 18.1 Å². The summed E-state index contributed by atoms with van der Waals surface area (Å²) in [6.45, 7) is 1.60. The van der Waals surface area contributed by atoms with Gasteiger partial charge in [-0.15, -0.1) is 6.42 Å². The van der Waals surface area contributed by atoms with E-state index >= 15 is 0 Å². The smallest absolute Gasteiger partial charge is 0.261 e. The SMILES string of the molecule is C#C[C@@H](Nc1nc(C)nc2cc(=O)n(C3(C(F)F)CC3)cc12)c1cccc(C#N)c1F. The lowest BCUT2D eigenvalue weighted by Crippen LogP contribution is -2.35. The van der Waals surface area contributed by atoms with Gasteiger partial charge in [-0.2, -0.15) is 5.26 Å². The highest BCUT2D eigenvalue weighted by Crippen LogP contribution is 2.48. The fraction of sp³-hybridized carbons (Fsp3) is 0.273. The zero-order chi connectivity index (χ0) is 22.3. The van der Waals surface area contributed by atoms with Crippen LogP contribution in [0.3, 0.4) is 0 Å². The molecule has 0 saturated heterocycles. The first-order valence-electron chi connectivity index (χ1n) is 9.41. The van der Waals surface area contributed by atoms with Crippen LogP contribution in [-0.2, 0) is 5.54 Å². The zero-order valence-corrected chi connectivity index (χ0v) is 16.4. The molecule has 31 heavy (non-hydrogen) atoms. The molecule has 1 saturated carbocycles. The number of aryl methyl sites for hydroxylation is 1. The monoisotopic (exact) mass is 423 g/mol. The Morgan fingerprint density at radius 2 is 2.06 bits per heavy atom. The van der Waals surface area contributed by atoms with E-state index in [0.29, 0.717) is 11.2 Å². The molecule has 1 atom stereocenters. The molecule has 2 heterocycles. The first-order chi connectivity index (χ1) is 14.8. The zero-order valence-electron chi connectivity index (χ0n) is 16.4. The number of halogens is 3. The second-order valence-corrected chi connectivity index (χ2v) is 7.37. The fourth-order valence-electron chi connectivity index (χ4n) is 3.57. The van der Waals surface area contributed by atoms with Crippen LogP contribution in [0.4, 0.5) is 19.0 Å². The van der Waals surface area contributed by atoms with Gasteiger partial charge < -0.3 is 9.88 Å². The van der Waals surface area contributed by atoms with Crippen molar-refractivity contribution in [3.63, 3.8) is 0 Å². The summed E-state index contributed by atoms with van der Waals surface area (Å²) in [7, 11) is 0. The fourth-order valence-corrected chi connectivity index (χ4v) is 3.57. The summed E-state index contributed by atoms with van der Waals surface area (Å²) in [5.74, 6) is 2.14. The molecule has 9 heteroatoms. The number of hydrogen-bond acceptors (Lipinski definition) is 5. The van der Waals surface area contributed by atoms with Crippen LogP contribution >= 0.6 is 0 Å². The van der Waals surface area contributed by atoms with Crippen LogP contribution in [0.15, 0.2) is 35.3 Å². The largest absolute Gasteiger partial charge is 0.352 e. The van der Waals surface area contributed by atoms with E-state index in [2.05, 4.69) is 21.2 Å². The molecule has 1 aromatic carbocycles. The highest BCUT2D eigenvalue weighted by molar-refractivity contribution is 5.88. The lowest BCUT2D eigenvalue weighted by atomic mass is 10.0. The van der Waals surface area contributed by atoms with Crippen LogP contribution in [-0.4, -0.2) is 21.0 Å². The van der Waals surface area contributed by atoms with E-state index in [1.165, 1.54) is 30.5 Å². The maximum Gasteiger partial charge on any atom is 0.261 e. The Labute approximate surface area is 175 Å². The second kappa shape index (κ2) is 7.44. The molecule has 0 unspecified atom stereocenters. The van der Waals surface area contributed by atoms with Gasteiger partial charge in [0.2, 0.25) is 0 Å². The number of anilines is 1. The quantitative estimate of drug-likeness (QED) is 0.634. The lowest BCUT2D eigenvalue weighted by molar-refractivity contribution is 0.0654. The van der Waals surface area contributed by atoms with Crippen molar-refractivity contribution >= 4 is 16.7 Å². The Kier molecular flexibility index (Phi) is 4.90. The van der Waals surface area contributed by atoms with Gasteiger partial charge in [0.1, 0.15) is 35.1 Å². The van der Waals surface area contributed by atoms with Crippen molar-refractivity contribution in [3.8, 4) is 18.4 Å². The predicted octanol–water partition coefficient (Wildman–Crippen LogP) is 3.65. The number of nitrogens with one attached hydrogen (secondary N) is 1. The summed E-state index contributed by atoms with van der Waals surface area (Å²) in [4.78, 5) is 21.0. The molecule has 0 amide bonds. The van der Waals surface area contributed by atoms with Gasteiger partial charge in [-0.25, -0.2) is 23.1 Å². The Hall–Kier alpha value is -3.85. The Balaban J connectivity index is 1.85. The maximum absolute atomic E-state index is 14.7. The molecule has 1 aliphatic rings. The van der Waals surface area contributed by atoms with Crippen molar-refractivity contribution in [2.45, 2.75) is 37.8 Å². The molecule has 3 aromatic rings. The molecule has 0 radical (unpaired) electrons. The molecule has 156 valence electrons. The van der Waals surface area contributed by atoms with E-state index in [1.54, 1.807) is 13.0 Å². The van der Waals surface area contributed by atoms with E-state index in [1.807, 2.05) is 0 Å². The number of nitrogens with zero attached hydrogens (tertiary/aromatic N) is 4. The van der Waals surface area contributed by atoms with Crippen LogP contribution < -0.4 is 10.9 Å². The first-order valence-corrected chi connectivity index (χ1v) is 9.41. The number of rotatable bonds is 5. The molecule has 0 spiro atoms. The van der Waals surface area contributed by atoms with E-state index in [9.17, 15) is 18.0 Å². The van der Waals surface area contributed by atoms with Crippen molar-refractivity contribution in [3.05, 3.63) is 63.6 Å². The number of benzene rings is 1. The third-order valence-corrected chi connectivity index (χ3v) is 5.40. The average Bonchev–Trinajstić information content (AvgIpc) is 3.53. The van der Waals surface area contributed by atoms with E-state index < -0.39 is 29.4 Å². The Morgan fingerprint density at radius 1 is 1.32 bits per heavy atom. The molecule has 6 nitrogen and oxygen atoms in total. The number of aromatic nitrogens is 3. The average molecular weight is 423 g/mol. The van der Waals surface area contributed by atoms with E-state index in [0.717, 1.165) is 4.57 Å². The van der Waals surface area contributed by atoms with Gasteiger partial charge in [-0.05, 0) is 25.8 Å². The molecular formula is C22H16F3N5O. The Morgan fingerprint density at radius 3 is 2.68 bits per heavy atom. The van der Waals surface area contributed by atoms with Crippen LogP contribution in [0.2, 0.25) is 0 Å².